The summed E-state index contributed by atoms with van der Waals surface area (Å²) in [6, 6.07) is 8.09. The van der Waals surface area contributed by atoms with Crippen LogP contribution < -0.4 is 5.32 Å². The van der Waals surface area contributed by atoms with Gasteiger partial charge in [-0.3, -0.25) is 20.0 Å². The van der Waals surface area contributed by atoms with Gasteiger partial charge in [0, 0.05) is 29.9 Å². The zero-order valence-corrected chi connectivity index (χ0v) is 18.1. The maximum absolute atomic E-state index is 14.0. The van der Waals surface area contributed by atoms with E-state index in [4.69, 9.17) is 0 Å². The monoisotopic (exact) mass is 446 g/mol. The largest absolute Gasteiger partial charge is 0.349 e. The van der Waals surface area contributed by atoms with Crippen molar-refractivity contribution >= 4 is 22.3 Å². The van der Waals surface area contributed by atoms with E-state index >= 15 is 0 Å². The van der Waals surface area contributed by atoms with Crippen LogP contribution >= 0.6 is 0 Å². The maximum atomic E-state index is 14.0. The molecule has 8 heteroatoms. The quantitative estimate of drug-likeness (QED) is 0.417. The first-order valence-electron chi connectivity index (χ1n) is 11.0. The second-order valence-electron chi connectivity index (χ2n) is 8.33. The highest BCUT2D eigenvalue weighted by Crippen LogP contribution is 2.30. The number of hydrogen-bond acceptors (Lipinski definition) is 5. The average Bonchev–Trinajstić information content (AvgIpc) is 3.26. The highest BCUT2D eigenvalue weighted by molar-refractivity contribution is 5.95. The summed E-state index contributed by atoms with van der Waals surface area (Å²) in [5.41, 5.74) is 4.41. The zero-order valence-electron chi connectivity index (χ0n) is 18.1. The Morgan fingerprint density at radius 1 is 0.970 bits per heavy atom. The molecule has 0 radical (unpaired) electrons. The van der Waals surface area contributed by atoms with Crippen LogP contribution in [0.15, 0.2) is 55.6 Å². The van der Waals surface area contributed by atoms with Gasteiger partial charge in [0.05, 0.1) is 23.6 Å². The molecule has 1 aliphatic heterocycles. The van der Waals surface area contributed by atoms with Gasteiger partial charge in [-0.25, -0.2) is 8.78 Å². The molecular weight excluding hydrogens is 422 g/mol. The number of benzene rings is 1. The first-order chi connectivity index (χ1) is 16.1. The number of nitrogens with zero attached hydrogens (tertiary/aromatic N) is 4. The predicted molar refractivity (Wildman–Crippen MR) is 125 cm³/mol. The third-order valence-electron chi connectivity index (χ3n) is 5.96. The van der Waals surface area contributed by atoms with Gasteiger partial charge in [-0.2, -0.15) is 5.10 Å². The van der Waals surface area contributed by atoms with E-state index in [0.717, 1.165) is 54.1 Å². The van der Waals surface area contributed by atoms with E-state index < -0.39 is 11.6 Å². The second kappa shape index (κ2) is 9.07. The summed E-state index contributed by atoms with van der Waals surface area (Å²) in [4.78, 5) is 10.4. The Kier molecular flexibility index (Phi) is 5.83. The number of nitrogens with one attached hydrogen (secondary N) is 2. The number of hydrogen-bond donors (Lipinski definition) is 2. The van der Waals surface area contributed by atoms with Crippen molar-refractivity contribution in [2.75, 3.05) is 18.4 Å². The zero-order chi connectivity index (χ0) is 22.8. The predicted octanol–water partition coefficient (Wildman–Crippen LogP) is 5.37. The molecule has 0 spiro atoms. The molecule has 2 N–H and O–H groups in total. The molecule has 0 amide bonds. The number of likely N-dealkylation sites (tertiary alicyclic amines) is 1. The number of fused-ring (bicyclic) bond motifs is 1. The summed E-state index contributed by atoms with van der Waals surface area (Å²) in [7, 11) is 0. The summed E-state index contributed by atoms with van der Waals surface area (Å²) >= 11 is 0. The summed E-state index contributed by atoms with van der Waals surface area (Å²) in [6.45, 7) is 7.09. The van der Waals surface area contributed by atoms with Gasteiger partial charge < -0.3 is 5.32 Å². The first kappa shape index (κ1) is 21.2. The Hall–Kier alpha value is -3.65. The highest BCUT2D eigenvalue weighted by Gasteiger charge is 2.16. The molecule has 0 saturated carbocycles. The van der Waals surface area contributed by atoms with Crippen LogP contribution in [0.2, 0.25) is 0 Å². The number of pyridine rings is 2. The number of H-pyrrole nitrogens is 1. The van der Waals surface area contributed by atoms with Crippen molar-refractivity contribution in [3.8, 4) is 11.1 Å². The van der Waals surface area contributed by atoms with E-state index in [0.29, 0.717) is 5.69 Å². The molecule has 1 saturated heterocycles. The Labute approximate surface area is 190 Å². The summed E-state index contributed by atoms with van der Waals surface area (Å²) in [5, 5.41) is 10.8. The molecule has 0 atom stereocenters. The van der Waals surface area contributed by atoms with E-state index in [-0.39, 0.29) is 11.4 Å². The molecular formula is C25H24F2N6. The number of aromatic nitrogens is 4. The second-order valence-corrected chi connectivity index (χ2v) is 8.33. The third kappa shape index (κ3) is 4.47. The average molecular weight is 447 g/mol. The van der Waals surface area contributed by atoms with Crippen molar-refractivity contribution in [1.29, 1.82) is 0 Å². The number of rotatable bonds is 6. The SMILES string of the molecule is C=C(Nc1c(F)cncc1F)c1n[nH]c2ccc(-c3cncc(CN4CCCCC4)c3)cc12. The molecule has 1 aliphatic rings. The number of piperidine rings is 1. The molecule has 0 unspecified atom stereocenters. The van der Waals surface area contributed by atoms with Crippen molar-refractivity contribution in [3.63, 3.8) is 0 Å². The smallest absolute Gasteiger partial charge is 0.167 e. The highest BCUT2D eigenvalue weighted by atomic mass is 19.1. The minimum atomic E-state index is -0.798. The van der Waals surface area contributed by atoms with Gasteiger partial charge in [-0.1, -0.05) is 19.1 Å². The lowest BCUT2D eigenvalue weighted by Gasteiger charge is -2.26. The van der Waals surface area contributed by atoms with Gasteiger partial charge in [0.25, 0.3) is 0 Å². The third-order valence-corrected chi connectivity index (χ3v) is 5.96. The van der Waals surface area contributed by atoms with Crippen LogP contribution in [-0.2, 0) is 6.54 Å². The van der Waals surface area contributed by atoms with E-state index in [1.165, 1.54) is 24.8 Å². The van der Waals surface area contributed by atoms with Gasteiger partial charge in [-0.15, -0.1) is 0 Å². The molecule has 168 valence electrons. The van der Waals surface area contributed by atoms with Gasteiger partial charge >= 0.3 is 0 Å². The van der Waals surface area contributed by atoms with E-state index in [9.17, 15) is 8.78 Å². The van der Waals surface area contributed by atoms with Crippen LogP contribution in [0, 0.1) is 11.6 Å². The maximum Gasteiger partial charge on any atom is 0.167 e. The fourth-order valence-electron chi connectivity index (χ4n) is 4.27. The molecule has 5 rings (SSSR count). The number of halogens is 2. The van der Waals surface area contributed by atoms with Crippen LogP contribution in [-0.4, -0.2) is 38.2 Å². The van der Waals surface area contributed by atoms with E-state index in [2.05, 4.69) is 43.0 Å². The fraction of sp³-hybridized carbons (Fsp3) is 0.240. The Morgan fingerprint density at radius 2 is 1.73 bits per heavy atom. The van der Waals surface area contributed by atoms with Crippen molar-refractivity contribution in [3.05, 3.63) is 78.5 Å². The molecule has 33 heavy (non-hydrogen) atoms. The minimum absolute atomic E-state index is 0.277. The van der Waals surface area contributed by atoms with Crippen LogP contribution in [0.5, 0.6) is 0 Å². The summed E-state index contributed by atoms with van der Waals surface area (Å²) in [6.07, 6.45) is 9.46. The Morgan fingerprint density at radius 3 is 2.52 bits per heavy atom. The van der Waals surface area contributed by atoms with Crippen molar-refractivity contribution < 1.29 is 8.78 Å². The van der Waals surface area contributed by atoms with E-state index in [1.54, 1.807) is 0 Å². The van der Waals surface area contributed by atoms with Gasteiger partial charge in [0.1, 0.15) is 11.4 Å². The fourth-order valence-corrected chi connectivity index (χ4v) is 4.27. The standard InChI is InChI=1S/C25H24F2N6/c1-16(30-25-21(26)13-29-14-22(25)27)24-20-10-18(5-6-23(20)31-32-24)19-9-17(11-28-12-19)15-33-7-3-2-4-8-33/h5-6,9-14H,1-4,7-8,15H2,(H,29,30)(H,31,32). The van der Waals surface area contributed by atoms with Gasteiger partial charge in [0.15, 0.2) is 11.6 Å². The lowest BCUT2D eigenvalue weighted by Crippen LogP contribution is -2.29. The summed E-state index contributed by atoms with van der Waals surface area (Å²) in [5.74, 6) is -1.60. The normalized spacial score (nSPS) is 14.5. The number of anilines is 1. The molecule has 4 aromatic rings. The molecule has 4 heterocycles. The van der Waals surface area contributed by atoms with Gasteiger partial charge in [-0.05, 0) is 55.3 Å². The summed E-state index contributed by atoms with van der Waals surface area (Å²) < 4.78 is 28.0. The molecule has 1 fully saturated rings. The van der Waals surface area contributed by atoms with Gasteiger partial charge in [0.2, 0.25) is 0 Å². The van der Waals surface area contributed by atoms with Crippen LogP contribution in [0.4, 0.5) is 14.5 Å². The molecule has 3 aromatic heterocycles. The van der Waals surface area contributed by atoms with Crippen molar-refractivity contribution in [1.82, 2.24) is 25.1 Å². The first-order valence-corrected chi connectivity index (χ1v) is 11.0. The van der Waals surface area contributed by atoms with Crippen LogP contribution in [0.25, 0.3) is 27.7 Å². The van der Waals surface area contributed by atoms with Crippen LogP contribution in [0.1, 0.15) is 30.5 Å². The lowest BCUT2D eigenvalue weighted by molar-refractivity contribution is 0.220. The Bertz CT molecular complexity index is 1290. The Balaban J connectivity index is 1.42. The van der Waals surface area contributed by atoms with E-state index in [1.807, 2.05) is 30.6 Å². The lowest BCUT2D eigenvalue weighted by atomic mass is 10.0. The van der Waals surface area contributed by atoms with Crippen molar-refractivity contribution in [2.45, 2.75) is 25.8 Å². The molecule has 0 bridgehead atoms. The van der Waals surface area contributed by atoms with Crippen LogP contribution in [0.3, 0.4) is 0 Å². The minimum Gasteiger partial charge on any atom is -0.349 e. The number of aromatic amines is 1. The molecule has 6 nitrogen and oxygen atoms in total. The molecule has 1 aromatic carbocycles. The van der Waals surface area contributed by atoms with Crippen molar-refractivity contribution in [2.24, 2.45) is 0 Å². The molecule has 0 aliphatic carbocycles. The topological polar surface area (TPSA) is 69.7 Å².